The average molecular weight is 273 g/mol. The molecular weight excluding hydrogens is 260 g/mol. The number of fused-ring (bicyclic) bond motifs is 1. The molecule has 5 heteroatoms. The van der Waals surface area contributed by atoms with E-state index in [0.717, 1.165) is 30.0 Å². The SMILES string of the molecule is CCCn1c(-c2ccccc2)nc2c(Cl)ncnc21. The lowest BCUT2D eigenvalue weighted by Crippen LogP contribution is -2.00. The zero-order valence-electron chi connectivity index (χ0n) is 10.5. The molecule has 0 aliphatic carbocycles. The van der Waals surface area contributed by atoms with Crippen molar-refractivity contribution in [3.05, 3.63) is 41.8 Å². The van der Waals surface area contributed by atoms with Crippen LogP contribution in [0.3, 0.4) is 0 Å². The molecule has 1 aromatic carbocycles. The number of imidazole rings is 1. The molecule has 0 aliphatic rings. The minimum atomic E-state index is 0.400. The summed E-state index contributed by atoms with van der Waals surface area (Å²) in [4.78, 5) is 12.9. The molecule has 0 saturated heterocycles. The van der Waals surface area contributed by atoms with E-state index in [1.807, 2.05) is 30.3 Å². The molecule has 19 heavy (non-hydrogen) atoms. The van der Waals surface area contributed by atoms with Gasteiger partial charge in [-0.25, -0.2) is 15.0 Å². The predicted molar refractivity (Wildman–Crippen MR) is 76.1 cm³/mol. The van der Waals surface area contributed by atoms with E-state index in [2.05, 4.69) is 26.4 Å². The average Bonchev–Trinajstić information content (AvgIpc) is 2.81. The fourth-order valence-electron chi connectivity index (χ4n) is 2.15. The van der Waals surface area contributed by atoms with E-state index in [0.29, 0.717) is 10.7 Å². The number of aryl methyl sites for hydroxylation is 1. The summed E-state index contributed by atoms with van der Waals surface area (Å²) in [7, 11) is 0. The summed E-state index contributed by atoms with van der Waals surface area (Å²) in [5, 5.41) is 0.400. The fourth-order valence-corrected chi connectivity index (χ4v) is 2.32. The number of rotatable bonds is 3. The van der Waals surface area contributed by atoms with Gasteiger partial charge in [-0.15, -0.1) is 0 Å². The Morgan fingerprint density at radius 1 is 1.16 bits per heavy atom. The van der Waals surface area contributed by atoms with Crippen LogP contribution < -0.4 is 0 Å². The van der Waals surface area contributed by atoms with Crippen LogP contribution in [0.2, 0.25) is 5.15 Å². The van der Waals surface area contributed by atoms with Gasteiger partial charge in [-0.3, -0.25) is 0 Å². The van der Waals surface area contributed by atoms with Crippen LogP contribution >= 0.6 is 11.6 Å². The highest BCUT2D eigenvalue weighted by Gasteiger charge is 2.15. The molecule has 3 rings (SSSR count). The van der Waals surface area contributed by atoms with Crippen LogP contribution in [0, 0.1) is 0 Å². The van der Waals surface area contributed by atoms with Crippen LogP contribution in [0.4, 0.5) is 0 Å². The van der Waals surface area contributed by atoms with Crippen molar-refractivity contribution in [2.75, 3.05) is 0 Å². The van der Waals surface area contributed by atoms with Gasteiger partial charge in [0.1, 0.15) is 17.7 Å². The lowest BCUT2D eigenvalue weighted by atomic mass is 10.2. The highest BCUT2D eigenvalue weighted by molar-refractivity contribution is 6.33. The molecule has 0 aliphatic heterocycles. The Labute approximate surface area is 116 Å². The Bertz CT molecular complexity index is 706. The van der Waals surface area contributed by atoms with Crippen molar-refractivity contribution in [3.63, 3.8) is 0 Å². The summed E-state index contributed by atoms with van der Waals surface area (Å²) in [5.74, 6) is 0.889. The third kappa shape index (κ3) is 2.08. The van der Waals surface area contributed by atoms with Gasteiger partial charge in [0.15, 0.2) is 10.8 Å². The Hall–Kier alpha value is -1.94. The van der Waals surface area contributed by atoms with Gasteiger partial charge >= 0.3 is 0 Å². The maximum Gasteiger partial charge on any atom is 0.165 e. The normalized spacial score (nSPS) is 11.1. The van der Waals surface area contributed by atoms with Crippen molar-refractivity contribution < 1.29 is 0 Å². The van der Waals surface area contributed by atoms with Gasteiger partial charge in [-0.1, -0.05) is 48.9 Å². The molecule has 0 spiro atoms. The van der Waals surface area contributed by atoms with E-state index >= 15 is 0 Å². The molecule has 0 saturated carbocycles. The summed E-state index contributed by atoms with van der Waals surface area (Å²) in [5.41, 5.74) is 2.52. The fraction of sp³-hybridized carbons (Fsp3) is 0.214. The van der Waals surface area contributed by atoms with Crippen LogP contribution in [0.15, 0.2) is 36.7 Å². The van der Waals surface area contributed by atoms with Crippen molar-refractivity contribution in [1.29, 1.82) is 0 Å². The molecule has 3 aromatic rings. The first-order chi connectivity index (χ1) is 9.31. The minimum Gasteiger partial charge on any atom is -0.309 e. The zero-order valence-corrected chi connectivity index (χ0v) is 11.3. The number of hydrogen-bond donors (Lipinski definition) is 0. The topological polar surface area (TPSA) is 43.6 Å². The number of halogens is 1. The molecule has 0 bridgehead atoms. The van der Waals surface area contributed by atoms with Gasteiger partial charge < -0.3 is 4.57 Å². The Morgan fingerprint density at radius 3 is 2.68 bits per heavy atom. The molecule has 2 aromatic heterocycles. The number of benzene rings is 1. The second-order valence-electron chi connectivity index (χ2n) is 4.29. The summed E-state index contributed by atoms with van der Waals surface area (Å²) in [6.45, 7) is 2.98. The molecule has 0 unspecified atom stereocenters. The third-order valence-corrected chi connectivity index (χ3v) is 3.24. The maximum absolute atomic E-state index is 6.10. The molecule has 0 radical (unpaired) electrons. The Kier molecular flexibility index (Phi) is 3.17. The maximum atomic E-state index is 6.10. The van der Waals surface area contributed by atoms with Gasteiger partial charge in [-0.05, 0) is 6.42 Å². The molecule has 4 nitrogen and oxygen atoms in total. The van der Waals surface area contributed by atoms with E-state index in [4.69, 9.17) is 11.6 Å². The summed E-state index contributed by atoms with van der Waals surface area (Å²) < 4.78 is 2.10. The zero-order chi connectivity index (χ0) is 13.2. The lowest BCUT2D eigenvalue weighted by molar-refractivity contribution is 0.698. The monoisotopic (exact) mass is 272 g/mol. The highest BCUT2D eigenvalue weighted by atomic mass is 35.5. The van der Waals surface area contributed by atoms with Gasteiger partial charge in [0.25, 0.3) is 0 Å². The molecule has 0 atom stereocenters. The van der Waals surface area contributed by atoms with Crippen molar-refractivity contribution in [2.24, 2.45) is 0 Å². The largest absolute Gasteiger partial charge is 0.309 e. The molecule has 0 amide bonds. The summed E-state index contributed by atoms with van der Waals surface area (Å²) in [6.07, 6.45) is 2.49. The molecule has 96 valence electrons. The van der Waals surface area contributed by atoms with Gasteiger partial charge in [0.2, 0.25) is 0 Å². The van der Waals surface area contributed by atoms with Crippen LogP contribution in [0.5, 0.6) is 0 Å². The first-order valence-corrected chi connectivity index (χ1v) is 6.61. The second-order valence-corrected chi connectivity index (χ2v) is 4.65. The predicted octanol–water partition coefficient (Wildman–Crippen LogP) is 3.56. The van der Waals surface area contributed by atoms with E-state index in [1.54, 1.807) is 0 Å². The van der Waals surface area contributed by atoms with E-state index < -0.39 is 0 Å². The quantitative estimate of drug-likeness (QED) is 0.685. The van der Waals surface area contributed by atoms with Crippen LogP contribution in [0.1, 0.15) is 13.3 Å². The molecule has 0 N–H and O–H groups in total. The Balaban J connectivity index is 2.29. The van der Waals surface area contributed by atoms with Crippen LogP contribution in [-0.2, 0) is 6.54 Å². The highest BCUT2D eigenvalue weighted by Crippen LogP contribution is 2.26. The molecule has 0 fully saturated rings. The second kappa shape index (κ2) is 4.97. The van der Waals surface area contributed by atoms with E-state index in [-0.39, 0.29) is 0 Å². The van der Waals surface area contributed by atoms with Crippen LogP contribution in [-0.4, -0.2) is 19.5 Å². The van der Waals surface area contributed by atoms with Crippen molar-refractivity contribution >= 4 is 22.8 Å². The standard InChI is InChI=1S/C14H13ClN4/c1-2-8-19-13(10-6-4-3-5-7-10)18-11-12(15)16-9-17-14(11)19/h3-7,9H,2,8H2,1H3. The van der Waals surface area contributed by atoms with Gasteiger partial charge in [0, 0.05) is 12.1 Å². The van der Waals surface area contributed by atoms with Crippen LogP contribution in [0.25, 0.3) is 22.6 Å². The van der Waals surface area contributed by atoms with Crippen molar-refractivity contribution in [2.45, 2.75) is 19.9 Å². The molecular formula is C14H13ClN4. The summed E-state index contributed by atoms with van der Waals surface area (Å²) in [6, 6.07) is 10.1. The Morgan fingerprint density at radius 2 is 1.95 bits per heavy atom. The van der Waals surface area contributed by atoms with Gasteiger partial charge in [-0.2, -0.15) is 0 Å². The van der Waals surface area contributed by atoms with Crippen molar-refractivity contribution in [1.82, 2.24) is 19.5 Å². The van der Waals surface area contributed by atoms with E-state index in [1.165, 1.54) is 6.33 Å². The van der Waals surface area contributed by atoms with Gasteiger partial charge in [0.05, 0.1) is 0 Å². The first kappa shape index (κ1) is 12.1. The van der Waals surface area contributed by atoms with E-state index in [9.17, 15) is 0 Å². The minimum absolute atomic E-state index is 0.400. The lowest BCUT2D eigenvalue weighted by Gasteiger charge is -2.06. The number of aromatic nitrogens is 4. The first-order valence-electron chi connectivity index (χ1n) is 6.23. The third-order valence-electron chi connectivity index (χ3n) is 2.97. The smallest absolute Gasteiger partial charge is 0.165 e. The number of nitrogens with zero attached hydrogens (tertiary/aromatic N) is 4. The van der Waals surface area contributed by atoms with Crippen molar-refractivity contribution in [3.8, 4) is 11.4 Å². The number of hydrogen-bond acceptors (Lipinski definition) is 3. The summed E-state index contributed by atoms with van der Waals surface area (Å²) >= 11 is 6.10. The molecule has 2 heterocycles.